The number of esters is 1. The summed E-state index contributed by atoms with van der Waals surface area (Å²) >= 11 is 0. The van der Waals surface area contributed by atoms with Gasteiger partial charge < -0.3 is 4.74 Å². The molecule has 0 heterocycles. The molecule has 0 spiro atoms. The lowest BCUT2D eigenvalue weighted by Gasteiger charge is -2.29. The molecule has 2 saturated carbocycles. The van der Waals surface area contributed by atoms with Crippen LogP contribution in [0.5, 0.6) is 0 Å². The minimum absolute atomic E-state index is 0.180. The fourth-order valence-electron chi connectivity index (χ4n) is 3.50. The molecule has 104 valence electrons. The van der Waals surface area contributed by atoms with E-state index in [9.17, 15) is 4.79 Å². The maximum atomic E-state index is 11.5. The van der Waals surface area contributed by atoms with Crippen LogP contribution in [0.2, 0.25) is 0 Å². The molecule has 0 saturated heterocycles. The van der Waals surface area contributed by atoms with Gasteiger partial charge in [-0.05, 0) is 43.9 Å². The summed E-state index contributed by atoms with van der Waals surface area (Å²) in [6.07, 6.45) is 6.44. The molecule has 4 atom stereocenters. The molecule has 18 heavy (non-hydrogen) atoms. The van der Waals surface area contributed by atoms with Gasteiger partial charge in [-0.3, -0.25) is 0 Å². The first kappa shape index (κ1) is 15.3. The van der Waals surface area contributed by atoms with Gasteiger partial charge in [-0.1, -0.05) is 40.2 Å². The highest BCUT2D eigenvalue weighted by atomic mass is 16.5. The third-order valence-corrected chi connectivity index (χ3v) is 4.16. The smallest absolute Gasteiger partial charge is 0.333 e. The number of hydrogen-bond donors (Lipinski definition) is 0. The van der Waals surface area contributed by atoms with Crippen LogP contribution in [-0.2, 0) is 9.53 Å². The Hall–Kier alpha value is -0.790. The first-order valence-corrected chi connectivity index (χ1v) is 7.48. The van der Waals surface area contributed by atoms with Crippen LogP contribution < -0.4 is 0 Å². The van der Waals surface area contributed by atoms with Gasteiger partial charge in [0.2, 0.25) is 0 Å². The summed E-state index contributed by atoms with van der Waals surface area (Å²) in [5.74, 6) is 2.04. The van der Waals surface area contributed by atoms with Gasteiger partial charge in [0.15, 0.2) is 0 Å². The number of hydrogen-bond acceptors (Lipinski definition) is 2. The molecule has 0 amide bonds. The number of fused-ring (bicyclic) bond motifs is 2. The Labute approximate surface area is 112 Å². The van der Waals surface area contributed by atoms with Crippen LogP contribution in [0.1, 0.15) is 59.8 Å². The number of rotatable bonds is 4. The van der Waals surface area contributed by atoms with Crippen LogP contribution in [0.25, 0.3) is 0 Å². The summed E-state index contributed by atoms with van der Waals surface area (Å²) in [4.78, 5) is 11.5. The number of carbonyl (C=O) groups is 1. The van der Waals surface area contributed by atoms with Crippen molar-refractivity contribution >= 4 is 5.97 Å². The molecule has 0 aromatic heterocycles. The summed E-state index contributed by atoms with van der Waals surface area (Å²) in [5.41, 5.74) is 0.523. The zero-order chi connectivity index (χ0) is 13.7. The van der Waals surface area contributed by atoms with Gasteiger partial charge in [-0.15, -0.1) is 0 Å². The first-order chi connectivity index (χ1) is 8.61. The summed E-state index contributed by atoms with van der Waals surface area (Å²) in [6.45, 7) is 11.6. The van der Waals surface area contributed by atoms with Gasteiger partial charge >= 0.3 is 5.97 Å². The Balaban J connectivity index is 0.000000771. The lowest BCUT2D eigenvalue weighted by molar-refractivity contribution is -0.147. The Bertz CT molecular complexity index is 295. The maximum absolute atomic E-state index is 11.5. The summed E-state index contributed by atoms with van der Waals surface area (Å²) < 4.78 is 5.54. The maximum Gasteiger partial charge on any atom is 0.333 e. The highest BCUT2D eigenvalue weighted by Gasteiger charge is 2.47. The molecule has 0 aromatic rings. The van der Waals surface area contributed by atoms with Crippen LogP contribution in [0, 0.1) is 17.8 Å². The van der Waals surface area contributed by atoms with Crippen molar-refractivity contribution in [3.8, 4) is 0 Å². The van der Waals surface area contributed by atoms with E-state index in [-0.39, 0.29) is 12.1 Å². The van der Waals surface area contributed by atoms with Gasteiger partial charge in [0, 0.05) is 5.57 Å². The van der Waals surface area contributed by atoms with E-state index in [0.29, 0.717) is 11.5 Å². The minimum atomic E-state index is -0.201. The SMILES string of the molecule is C=C(C)C(=O)OC1CC2CC(CCC)C1C2.CC. The van der Waals surface area contributed by atoms with Crippen LogP contribution in [0.4, 0.5) is 0 Å². The predicted octanol–water partition coefficient (Wildman–Crippen LogP) is 4.35. The second-order valence-electron chi connectivity index (χ2n) is 5.51. The fourth-order valence-corrected chi connectivity index (χ4v) is 3.50. The van der Waals surface area contributed by atoms with Crippen molar-refractivity contribution in [2.45, 2.75) is 65.9 Å². The van der Waals surface area contributed by atoms with Gasteiger partial charge in [-0.2, -0.15) is 0 Å². The van der Waals surface area contributed by atoms with Crippen molar-refractivity contribution in [1.29, 1.82) is 0 Å². The van der Waals surface area contributed by atoms with E-state index in [1.807, 2.05) is 13.8 Å². The molecule has 0 radical (unpaired) electrons. The Morgan fingerprint density at radius 3 is 2.44 bits per heavy atom. The predicted molar refractivity (Wildman–Crippen MR) is 75.3 cm³/mol. The topological polar surface area (TPSA) is 26.3 Å². The van der Waals surface area contributed by atoms with E-state index in [2.05, 4.69) is 13.5 Å². The molecular formula is C16H28O2. The van der Waals surface area contributed by atoms with E-state index < -0.39 is 0 Å². The first-order valence-electron chi connectivity index (χ1n) is 7.48. The largest absolute Gasteiger partial charge is 0.459 e. The zero-order valence-electron chi connectivity index (χ0n) is 12.4. The molecule has 0 aliphatic heterocycles. The average molecular weight is 252 g/mol. The van der Waals surface area contributed by atoms with E-state index in [0.717, 1.165) is 18.3 Å². The molecule has 4 unspecified atom stereocenters. The quantitative estimate of drug-likeness (QED) is 0.549. The van der Waals surface area contributed by atoms with Crippen molar-refractivity contribution in [3.63, 3.8) is 0 Å². The second kappa shape index (κ2) is 6.96. The van der Waals surface area contributed by atoms with E-state index in [4.69, 9.17) is 4.74 Å². The Morgan fingerprint density at radius 1 is 1.28 bits per heavy atom. The molecule has 2 aliphatic rings. The third-order valence-electron chi connectivity index (χ3n) is 4.16. The second-order valence-corrected chi connectivity index (χ2v) is 5.51. The summed E-state index contributed by atoms with van der Waals surface area (Å²) in [6, 6.07) is 0. The van der Waals surface area contributed by atoms with Crippen molar-refractivity contribution < 1.29 is 9.53 Å². The monoisotopic (exact) mass is 252 g/mol. The van der Waals surface area contributed by atoms with Gasteiger partial charge in [0.1, 0.15) is 6.10 Å². The van der Waals surface area contributed by atoms with Crippen molar-refractivity contribution in [3.05, 3.63) is 12.2 Å². The van der Waals surface area contributed by atoms with Crippen molar-refractivity contribution in [2.24, 2.45) is 17.8 Å². The molecule has 2 rings (SSSR count). The molecule has 2 bridgehead atoms. The van der Waals surface area contributed by atoms with Crippen LogP contribution in [-0.4, -0.2) is 12.1 Å². The standard InChI is InChI=1S/C14H22O2.C2H6/c1-4-5-11-6-10-7-12(11)13(8-10)16-14(15)9(2)3;1-2/h10-13H,2,4-8H2,1,3H3;1-2H3. The third kappa shape index (κ3) is 3.37. The lowest BCUT2D eigenvalue weighted by atomic mass is 9.84. The summed E-state index contributed by atoms with van der Waals surface area (Å²) in [5, 5.41) is 0. The highest BCUT2D eigenvalue weighted by Crippen LogP contribution is 2.51. The molecular weight excluding hydrogens is 224 g/mol. The molecule has 2 aliphatic carbocycles. The summed E-state index contributed by atoms with van der Waals surface area (Å²) in [7, 11) is 0. The molecule has 0 aromatic carbocycles. The molecule has 2 nitrogen and oxygen atoms in total. The highest BCUT2D eigenvalue weighted by molar-refractivity contribution is 5.87. The van der Waals surface area contributed by atoms with Crippen molar-refractivity contribution in [2.75, 3.05) is 0 Å². The number of ether oxygens (including phenoxy) is 1. The van der Waals surface area contributed by atoms with Gasteiger partial charge in [0.25, 0.3) is 0 Å². The van der Waals surface area contributed by atoms with E-state index >= 15 is 0 Å². The molecule has 2 heteroatoms. The van der Waals surface area contributed by atoms with E-state index in [1.54, 1.807) is 6.92 Å². The Morgan fingerprint density at radius 2 is 1.94 bits per heavy atom. The molecule has 0 N–H and O–H groups in total. The number of carbonyl (C=O) groups excluding carboxylic acids is 1. The fraction of sp³-hybridized carbons (Fsp3) is 0.812. The van der Waals surface area contributed by atoms with E-state index in [1.165, 1.54) is 25.7 Å². The Kier molecular flexibility index (Phi) is 5.90. The minimum Gasteiger partial charge on any atom is -0.459 e. The van der Waals surface area contributed by atoms with Gasteiger partial charge in [0.05, 0.1) is 0 Å². The lowest BCUT2D eigenvalue weighted by Crippen LogP contribution is -2.29. The van der Waals surface area contributed by atoms with Gasteiger partial charge in [-0.25, -0.2) is 4.79 Å². The van der Waals surface area contributed by atoms with Crippen LogP contribution in [0.15, 0.2) is 12.2 Å². The van der Waals surface area contributed by atoms with Crippen LogP contribution >= 0.6 is 0 Å². The normalized spacial score (nSPS) is 32.7. The van der Waals surface area contributed by atoms with Crippen LogP contribution in [0.3, 0.4) is 0 Å². The average Bonchev–Trinajstić information content (AvgIpc) is 2.91. The zero-order valence-corrected chi connectivity index (χ0v) is 12.4. The molecule has 2 fully saturated rings. The van der Waals surface area contributed by atoms with Crippen molar-refractivity contribution in [1.82, 2.24) is 0 Å².